The van der Waals surface area contributed by atoms with Crippen molar-refractivity contribution in [1.82, 2.24) is 10.2 Å². The summed E-state index contributed by atoms with van der Waals surface area (Å²) in [5.74, 6) is -0.0894. The van der Waals surface area contributed by atoms with E-state index in [4.69, 9.17) is 4.74 Å². The number of hydrogen-bond acceptors (Lipinski definition) is 5. The molecule has 0 radical (unpaired) electrons. The van der Waals surface area contributed by atoms with E-state index < -0.39 is 11.6 Å². The van der Waals surface area contributed by atoms with Crippen LogP contribution in [0.4, 0.5) is 16.2 Å². The highest BCUT2D eigenvalue weighted by Crippen LogP contribution is 2.20. The lowest BCUT2D eigenvalue weighted by Crippen LogP contribution is -2.51. The molecule has 1 saturated heterocycles. The molecule has 2 rings (SSSR count). The van der Waals surface area contributed by atoms with Crippen LogP contribution in [0, 0.1) is 6.92 Å². The molecule has 1 aromatic rings. The number of nitrogens with one attached hydrogen (secondary N) is 3. The smallest absolute Gasteiger partial charge is 0.319 e. The predicted molar refractivity (Wildman–Crippen MR) is 105 cm³/mol. The predicted octanol–water partition coefficient (Wildman–Crippen LogP) is 1.55. The van der Waals surface area contributed by atoms with Crippen molar-refractivity contribution in [1.29, 1.82) is 0 Å². The Hall–Kier alpha value is -2.16. The highest BCUT2D eigenvalue weighted by Gasteiger charge is 2.26. The SMILES string of the molecule is CCC(=O)Nc1ccc(C)c(NC(=O)NCC(C)(O)CN2CCOCC2)c1. The number of nitrogens with zero attached hydrogens (tertiary/aromatic N) is 1. The minimum atomic E-state index is -1.04. The van der Waals surface area contributed by atoms with Crippen LogP contribution in [-0.4, -0.2) is 66.9 Å². The topological polar surface area (TPSA) is 103 Å². The van der Waals surface area contributed by atoms with E-state index in [1.54, 1.807) is 26.0 Å². The van der Waals surface area contributed by atoms with Gasteiger partial charge in [0.1, 0.15) is 0 Å². The number of β-amino-alcohol motifs (C(OH)–C–C–N with tert-alkyl or cyclic N) is 1. The minimum Gasteiger partial charge on any atom is -0.387 e. The first-order valence-corrected chi connectivity index (χ1v) is 9.27. The second kappa shape index (κ2) is 9.68. The Morgan fingerprint density at radius 2 is 1.96 bits per heavy atom. The van der Waals surface area contributed by atoms with Crippen LogP contribution in [0.5, 0.6) is 0 Å². The summed E-state index contributed by atoms with van der Waals surface area (Å²) in [6, 6.07) is 4.93. The highest BCUT2D eigenvalue weighted by atomic mass is 16.5. The monoisotopic (exact) mass is 378 g/mol. The Morgan fingerprint density at radius 1 is 1.26 bits per heavy atom. The summed E-state index contributed by atoms with van der Waals surface area (Å²) in [5.41, 5.74) is 1.07. The molecule has 3 amide bonds. The number of ether oxygens (including phenoxy) is 1. The van der Waals surface area contributed by atoms with Crippen LogP contribution < -0.4 is 16.0 Å². The summed E-state index contributed by atoms with van der Waals surface area (Å²) in [4.78, 5) is 25.9. The lowest BCUT2D eigenvalue weighted by molar-refractivity contribution is -0.115. The van der Waals surface area contributed by atoms with Crippen molar-refractivity contribution >= 4 is 23.3 Å². The van der Waals surface area contributed by atoms with Gasteiger partial charge in [-0.3, -0.25) is 9.69 Å². The summed E-state index contributed by atoms with van der Waals surface area (Å²) < 4.78 is 5.30. The van der Waals surface area contributed by atoms with Gasteiger partial charge in [0.05, 0.1) is 18.8 Å². The Labute approximate surface area is 160 Å². The lowest BCUT2D eigenvalue weighted by atomic mass is 10.1. The van der Waals surface area contributed by atoms with E-state index in [1.165, 1.54) is 0 Å². The number of anilines is 2. The molecule has 150 valence electrons. The van der Waals surface area contributed by atoms with Gasteiger partial charge in [0.15, 0.2) is 0 Å². The van der Waals surface area contributed by atoms with Crippen molar-refractivity contribution in [3.63, 3.8) is 0 Å². The van der Waals surface area contributed by atoms with Gasteiger partial charge >= 0.3 is 6.03 Å². The molecule has 1 fully saturated rings. The van der Waals surface area contributed by atoms with Gasteiger partial charge in [-0.15, -0.1) is 0 Å². The highest BCUT2D eigenvalue weighted by molar-refractivity contribution is 5.94. The zero-order valence-corrected chi connectivity index (χ0v) is 16.3. The van der Waals surface area contributed by atoms with Crippen molar-refractivity contribution in [2.24, 2.45) is 0 Å². The molecular formula is C19H30N4O4. The van der Waals surface area contributed by atoms with Gasteiger partial charge in [0.25, 0.3) is 0 Å². The second-order valence-corrected chi connectivity index (χ2v) is 7.12. The Morgan fingerprint density at radius 3 is 2.63 bits per heavy atom. The fourth-order valence-electron chi connectivity index (χ4n) is 2.82. The molecule has 1 aliphatic heterocycles. The first kappa shape index (κ1) is 21.1. The summed E-state index contributed by atoms with van der Waals surface area (Å²) in [5, 5.41) is 18.8. The first-order valence-electron chi connectivity index (χ1n) is 9.27. The van der Waals surface area contributed by atoms with Crippen LogP contribution in [0.2, 0.25) is 0 Å². The molecular weight excluding hydrogens is 348 g/mol. The Bertz CT molecular complexity index is 657. The quantitative estimate of drug-likeness (QED) is 0.576. The molecule has 0 aromatic heterocycles. The maximum Gasteiger partial charge on any atom is 0.319 e. The standard InChI is InChI=1S/C19H30N4O4/c1-4-17(24)21-15-6-5-14(2)16(11-15)22-18(25)20-12-19(3,26)13-23-7-9-27-10-8-23/h5-6,11,26H,4,7-10,12-13H2,1-3H3,(H,21,24)(H2,20,22,25). The molecule has 0 saturated carbocycles. The summed E-state index contributed by atoms with van der Waals surface area (Å²) >= 11 is 0. The summed E-state index contributed by atoms with van der Waals surface area (Å²) in [7, 11) is 0. The summed E-state index contributed by atoms with van der Waals surface area (Å²) in [6.45, 7) is 8.82. The molecule has 8 heteroatoms. The lowest BCUT2D eigenvalue weighted by Gasteiger charge is -2.33. The number of benzene rings is 1. The molecule has 1 unspecified atom stereocenters. The molecule has 1 heterocycles. The van der Waals surface area contributed by atoms with Crippen molar-refractivity contribution in [2.75, 3.05) is 50.0 Å². The summed E-state index contributed by atoms with van der Waals surface area (Å²) in [6.07, 6.45) is 0.384. The third-order valence-corrected chi connectivity index (χ3v) is 4.39. The number of carbonyl (C=O) groups is 2. The number of carbonyl (C=O) groups excluding carboxylic acids is 2. The fraction of sp³-hybridized carbons (Fsp3) is 0.579. The average molecular weight is 378 g/mol. The molecule has 1 aliphatic rings. The van der Waals surface area contributed by atoms with E-state index in [-0.39, 0.29) is 12.5 Å². The zero-order valence-electron chi connectivity index (χ0n) is 16.3. The normalized spacial score (nSPS) is 17.0. The average Bonchev–Trinajstić information content (AvgIpc) is 2.63. The number of rotatable bonds is 7. The van der Waals surface area contributed by atoms with Gasteiger partial charge in [-0.05, 0) is 31.5 Å². The van der Waals surface area contributed by atoms with Crippen molar-refractivity contribution in [3.8, 4) is 0 Å². The van der Waals surface area contributed by atoms with Crippen molar-refractivity contribution in [3.05, 3.63) is 23.8 Å². The molecule has 0 aliphatic carbocycles. The molecule has 0 spiro atoms. The molecule has 8 nitrogen and oxygen atoms in total. The number of urea groups is 1. The van der Waals surface area contributed by atoms with Crippen molar-refractivity contribution in [2.45, 2.75) is 32.8 Å². The number of aryl methyl sites for hydroxylation is 1. The number of amides is 3. The number of hydrogen-bond donors (Lipinski definition) is 4. The largest absolute Gasteiger partial charge is 0.387 e. The molecule has 27 heavy (non-hydrogen) atoms. The first-order chi connectivity index (χ1) is 12.8. The van der Waals surface area contributed by atoms with Crippen LogP contribution in [0.3, 0.4) is 0 Å². The van der Waals surface area contributed by atoms with E-state index in [9.17, 15) is 14.7 Å². The Balaban J connectivity index is 1.87. The van der Waals surface area contributed by atoms with E-state index >= 15 is 0 Å². The third kappa shape index (κ3) is 7.16. The van der Waals surface area contributed by atoms with E-state index in [2.05, 4.69) is 20.9 Å². The Kier molecular flexibility index (Phi) is 7.58. The van der Waals surface area contributed by atoms with Crippen molar-refractivity contribution < 1.29 is 19.4 Å². The third-order valence-electron chi connectivity index (χ3n) is 4.39. The maximum absolute atomic E-state index is 12.2. The minimum absolute atomic E-state index is 0.0894. The maximum atomic E-state index is 12.2. The van der Waals surface area contributed by atoms with Crippen LogP contribution in [0.25, 0.3) is 0 Å². The van der Waals surface area contributed by atoms with Crippen LogP contribution >= 0.6 is 0 Å². The van der Waals surface area contributed by atoms with E-state index in [0.29, 0.717) is 37.6 Å². The molecule has 4 N–H and O–H groups in total. The van der Waals surface area contributed by atoms with Gasteiger partial charge in [-0.25, -0.2) is 4.79 Å². The zero-order chi connectivity index (χ0) is 19.9. The fourth-order valence-corrected chi connectivity index (χ4v) is 2.82. The van der Waals surface area contributed by atoms with Gasteiger partial charge in [-0.1, -0.05) is 13.0 Å². The van der Waals surface area contributed by atoms with Crippen LogP contribution in [0.1, 0.15) is 25.8 Å². The number of aliphatic hydroxyl groups is 1. The van der Waals surface area contributed by atoms with Gasteiger partial charge < -0.3 is 25.8 Å². The van der Waals surface area contributed by atoms with Gasteiger partial charge in [-0.2, -0.15) is 0 Å². The van der Waals surface area contributed by atoms with Gasteiger partial charge in [0.2, 0.25) is 5.91 Å². The number of morpholine rings is 1. The van der Waals surface area contributed by atoms with E-state index in [0.717, 1.165) is 18.7 Å². The molecule has 0 bridgehead atoms. The second-order valence-electron chi connectivity index (χ2n) is 7.12. The molecule has 1 aromatic carbocycles. The molecule has 1 atom stereocenters. The van der Waals surface area contributed by atoms with Gasteiger partial charge in [0, 0.05) is 44.0 Å². The van der Waals surface area contributed by atoms with E-state index in [1.807, 2.05) is 13.0 Å². The van der Waals surface area contributed by atoms with Crippen LogP contribution in [0.15, 0.2) is 18.2 Å². The van der Waals surface area contributed by atoms with Crippen LogP contribution in [-0.2, 0) is 9.53 Å².